The van der Waals surface area contributed by atoms with Crippen molar-refractivity contribution in [2.24, 2.45) is 0 Å². The molecule has 2 heterocycles. The Labute approximate surface area is 245 Å². The van der Waals surface area contributed by atoms with Crippen LogP contribution in [0.15, 0.2) is 0 Å². The molecule has 39 heavy (non-hydrogen) atoms. The van der Waals surface area contributed by atoms with Gasteiger partial charge >= 0.3 is 5.97 Å². The summed E-state index contributed by atoms with van der Waals surface area (Å²) in [5.41, 5.74) is -1.11. The Morgan fingerprint density at radius 3 is 1.18 bits per heavy atom. The third kappa shape index (κ3) is 7.28. The van der Waals surface area contributed by atoms with Gasteiger partial charge in [-0.05, 0) is 102 Å². The number of carboxylic acid groups (broad SMARTS) is 1. The molecule has 3 N–H and O–H groups in total. The fourth-order valence-corrected chi connectivity index (χ4v) is 12.6. The van der Waals surface area contributed by atoms with Crippen molar-refractivity contribution in [3.63, 3.8) is 0 Å². The van der Waals surface area contributed by atoms with Crippen LogP contribution in [0.25, 0.3) is 0 Å². The molecular formula is C29H54N4O4S2. The molecule has 0 aromatic rings. The number of thioether (sulfide) groups is 2. The summed E-state index contributed by atoms with van der Waals surface area (Å²) in [6.45, 7) is 23.1. The van der Waals surface area contributed by atoms with Crippen LogP contribution in [-0.2, 0) is 14.4 Å². The lowest BCUT2D eigenvalue weighted by Gasteiger charge is -2.58. The van der Waals surface area contributed by atoms with E-state index < -0.39 is 10.0 Å². The summed E-state index contributed by atoms with van der Waals surface area (Å²) in [4.78, 5) is 42.6. The van der Waals surface area contributed by atoms with Crippen molar-refractivity contribution in [3.8, 4) is 0 Å². The number of rotatable bonds is 9. The highest BCUT2D eigenvalue weighted by atomic mass is 32.2. The zero-order chi connectivity index (χ0) is 30.4. The molecule has 0 saturated carbocycles. The van der Waals surface area contributed by atoms with Crippen LogP contribution in [0.5, 0.6) is 0 Å². The minimum atomic E-state index is -1.02. The van der Waals surface area contributed by atoms with Gasteiger partial charge in [0.15, 0.2) is 4.08 Å². The van der Waals surface area contributed by atoms with E-state index >= 15 is 0 Å². The first-order chi connectivity index (χ1) is 17.5. The molecule has 2 fully saturated rings. The molecule has 0 bridgehead atoms. The van der Waals surface area contributed by atoms with Crippen molar-refractivity contribution < 1.29 is 19.5 Å². The quantitative estimate of drug-likeness (QED) is 0.338. The number of nitrogens with one attached hydrogen (secondary N) is 2. The van der Waals surface area contributed by atoms with E-state index in [0.717, 1.165) is 25.7 Å². The number of likely N-dealkylation sites (N-methyl/N-ethyl adjacent to an activating group) is 2. The van der Waals surface area contributed by atoms with Crippen molar-refractivity contribution >= 4 is 41.3 Å². The monoisotopic (exact) mass is 586 g/mol. The van der Waals surface area contributed by atoms with Gasteiger partial charge in [0.1, 0.15) is 0 Å². The lowest BCUT2D eigenvalue weighted by atomic mass is 9.78. The molecule has 8 nitrogen and oxygen atoms in total. The fourth-order valence-electron chi connectivity index (χ4n) is 8.09. The first kappa shape index (κ1) is 34.2. The van der Waals surface area contributed by atoms with Crippen molar-refractivity contribution in [2.45, 2.75) is 151 Å². The highest BCUT2D eigenvalue weighted by Gasteiger charge is 2.54. The van der Waals surface area contributed by atoms with Crippen LogP contribution in [0.2, 0.25) is 0 Å². The summed E-state index contributed by atoms with van der Waals surface area (Å²) in [5, 5.41) is 16.4. The maximum atomic E-state index is 12.8. The minimum absolute atomic E-state index is 0.00418. The molecular weight excluding hydrogens is 532 g/mol. The molecule has 0 aromatic carbocycles. The normalized spacial score (nSPS) is 26.7. The van der Waals surface area contributed by atoms with Gasteiger partial charge < -0.3 is 15.7 Å². The van der Waals surface area contributed by atoms with Crippen molar-refractivity contribution in [1.29, 1.82) is 0 Å². The fraction of sp³-hybridized carbons (Fsp3) is 0.897. The van der Waals surface area contributed by atoms with E-state index in [0.29, 0.717) is 0 Å². The average molecular weight is 587 g/mol. The van der Waals surface area contributed by atoms with Gasteiger partial charge in [0.05, 0.1) is 12.1 Å². The first-order valence-electron chi connectivity index (χ1n) is 14.2. The molecule has 226 valence electrons. The Balaban J connectivity index is 2.29. The molecule has 0 radical (unpaired) electrons. The predicted molar refractivity (Wildman–Crippen MR) is 164 cm³/mol. The average Bonchev–Trinajstić information content (AvgIpc) is 2.73. The molecule has 10 heteroatoms. The molecule has 2 amide bonds. The van der Waals surface area contributed by atoms with Crippen molar-refractivity contribution in [2.75, 3.05) is 14.1 Å². The van der Waals surface area contributed by atoms with E-state index in [4.69, 9.17) is 0 Å². The first-order valence-corrected chi connectivity index (χ1v) is 15.9. The van der Waals surface area contributed by atoms with Gasteiger partial charge in [0.25, 0.3) is 0 Å². The van der Waals surface area contributed by atoms with Gasteiger partial charge in [0.2, 0.25) is 11.8 Å². The Hall–Kier alpha value is -0.970. The Bertz CT molecular complexity index is 836. The van der Waals surface area contributed by atoms with Gasteiger partial charge in [-0.25, -0.2) is 4.79 Å². The second-order valence-corrected chi connectivity index (χ2v) is 17.8. The Kier molecular flexibility index (Phi) is 10.3. The lowest BCUT2D eigenvalue weighted by Crippen LogP contribution is -2.67. The molecule has 0 aliphatic carbocycles. The van der Waals surface area contributed by atoms with Crippen molar-refractivity contribution in [1.82, 2.24) is 20.4 Å². The van der Waals surface area contributed by atoms with Crippen LogP contribution in [0.3, 0.4) is 0 Å². The highest BCUT2D eigenvalue weighted by Crippen LogP contribution is 2.54. The van der Waals surface area contributed by atoms with Crippen LogP contribution < -0.4 is 10.6 Å². The van der Waals surface area contributed by atoms with Gasteiger partial charge in [-0.1, -0.05) is 0 Å². The molecule has 2 aliphatic heterocycles. The zero-order valence-corrected chi connectivity index (χ0v) is 28.2. The van der Waals surface area contributed by atoms with Crippen LogP contribution in [-0.4, -0.2) is 95.6 Å². The number of hydrogen-bond acceptors (Lipinski definition) is 7. The standard InChI is InChI=1S/C29H54N4O4S2/c1-18(22(34)30-12)32-25(3,4)14-20(15-26(32,5)6)38-29(11,24(36)37)39-21-16-27(7,8)33(28(9,10)17-21)19(2)23(35)31-13/h18-21H,14-17H2,1-13H3,(H,30,34)(H,31,35)(H,36,37). The second kappa shape index (κ2) is 11.7. The van der Waals surface area contributed by atoms with Gasteiger partial charge in [-0.2, -0.15) is 0 Å². The van der Waals surface area contributed by atoms with Crippen molar-refractivity contribution in [3.05, 3.63) is 0 Å². The summed E-state index contributed by atoms with van der Waals surface area (Å²) in [6.07, 6.45) is 3.19. The maximum Gasteiger partial charge on any atom is 0.329 e. The number of piperidine rings is 2. The summed E-state index contributed by atoms with van der Waals surface area (Å²) in [6, 6.07) is -0.559. The SMILES string of the molecule is CNC(=O)C(C)N1C(C)(C)CC(SC(C)(SC2CC(C)(C)N(C(C)C(=O)NC)C(C)(C)C2)C(=O)O)CC1(C)C. The number of carboxylic acids is 1. The molecule has 2 unspecified atom stereocenters. The van der Waals surface area contributed by atoms with E-state index in [1.54, 1.807) is 37.6 Å². The second-order valence-electron chi connectivity index (χ2n) is 14.1. The number of nitrogens with zero attached hydrogens (tertiary/aromatic N) is 2. The van der Waals surface area contributed by atoms with Crippen LogP contribution in [0, 0.1) is 0 Å². The predicted octanol–water partition coefficient (Wildman–Crippen LogP) is 4.57. The molecule has 2 rings (SSSR count). The van der Waals surface area contributed by atoms with Crippen LogP contribution in [0.4, 0.5) is 0 Å². The molecule has 2 saturated heterocycles. The smallest absolute Gasteiger partial charge is 0.329 e. The van der Waals surface area contributed by atoms with Crippen LogP contribution in [0.1, 0.15) is 102 Å². The summed E-state index contributed by atoms with van der Waals surface area (Å²) in [7, 11) is 3.34. The third-order valence-electron chi connectivity index (χ3n) is 8.72. The number of amides is 2. The Morgan fingerprint density at radius 2 is 0.974 bits per heavy atom. The number of carbonyl (C=O) groups is 3. The summed E-state index contributed by atoms with van der Waals surface area (Å²) in [5.74, 6) is -0.808. The summed E-state index contributed by atoms with van der Waals surface area (Å²) < 4.78 is -1.02. The number of hydrogen-bond donors (Lipinski definition) is 3. The topological polar surface area (TPSA) is 102 Å². The van der Waals surface area contributed by atoms with E-state index in [1.807, 2.05) is 20.8 Å². The largest absolute Gasteiger partial charge is 0.480 e. The van der Waals surface area contributed by atoms with Crippen LogP contribution >= 0.6 is 23.5 Å². The van der Waals surface area contributed by atoms with E-state index in [-0.39, 0.29) is 56.6 Å². The van der Waals surface area contributed by atoms with E-state index in [1.165, 1.54) is 0 Å². The molecule has 0 spiro atoms. The molecule has 0 aromatic heterocycles. The summed E-state index contributed by atoms with van der Waals surface area (Å²) >= 11 is 3.15. The number of likely N-dealkylation sites (tertiary alicyclic amines) is 2. The van der Waals surface area contributed by atoms with E-state index in [9.17, 15) is 19.5 Å². The lowest BCUT2D eigenvalue weighted by molar-refractivity contribution is -0.137. The minimum Gasteiger partial charge on any atom is -0.480 e. The van der Waals surface area contributed by atoms with Gasteiger partial charge in [0, 0.05) is 46.8 Å². The van der Waals surface area contributed by atoms with E-state index in [2.05, 4.69) is 75.8 Å². The van der Waals surface area contributed by atoms with Gasteiger partial charge in [-0.3, -0.25) is 19.4 Å². The Morgan fingerprint density at radius 1 is 0.718 bits per heavy atom. The highest BCUT2D eigenvalue weighted by molar-refractivity contribution is 8.19. The third-order valence-corrected chi connectivity index (χ3v) is 11.9. The van der Waals surface area contributed by atoms with Gasteiger partial charge in [-0.15, -0.1) is 23.5 Å². The molecule has 2 aliphatic rings. The number of aliphatic carboxylic acids is 1. The molecule has 2 atom stereocenters. The number of carbonyl (C=O) groups excluding carboxylic acids is 2. The maximum absolute atomic E-state index is 12.8. The zero-order valence-electron chi connectivity index (χ0n) is 26.5.